The summed E-state index contributed by atoms with van der Waals surface area (Å²) in [5, 5.41) is 0. The van der Waals surface area contributed by atoms with E-state index in [0.29, 0.717) is 17.8 Å². The lowest BCUT2D eigenvalue weighted by Gasteiger charge is -2.36. The number of rotatable bonds is 12. The first-order chi connectivity index (χ1) is 15.9. The number of unbranched alkanes of at least 4 members (excludes halogenated alkanes) is 7. The van der Waals surface area contributed by atoms with Gasteiger partial charge in [-0.25, -0.2) is 0 Å². The monoisotopic (exact) mass is 453 g/mol. The molecule has 0 unspecified atom stereocenters. The van der Waals surface area contributed by atoms with E-state index in [4.69, 9.17) is 0 Å². The molecule has 5 nitrogen and oxygen atoms in total. The average molecular weight is 454 g/mol. The third-order valence-corrected chi connectivity index (χ3v) is 7.31. The van der Waals surface area contributed by atoms with E-state index >= 15 is 0 Å². The molecule has 2 aliphatic heterocycles. The molecule has 2 aliphatic rings. The molecule has 0 N–H and O–H groups in total. The Hall–Kier alpha value is -2.14. The number of amides is 2. The minimum Gasteiger partial charge on any atom is -0.366 e. The standard InChI is InChI=1S/C28H43N3O2/c1-5-6-7-8-9-10-11-12-19-31-27(32)25(23-15-13-22(2)14-16-23)26(28(31)33)30(4)24-17-20-29(3)21-18-24/h13-16,24H,5-12,17-21H2,1-4H3. The molecule has 5 heteroatoms. The van der Waals surface area contributed by atoms with E-state index in [-0.39, 0.29) is 17.9 Å². The predicted molar refractivity (Wildman–Crippen MR) is 136 cm³/mol. The smallest absolute Gasteiger partial charge is 0.277 e. The number of imide groups is 1. The normalized spacial score (nSPS) is 18.0. The van der Waals surface area contributed by atoms with Crippen LogP contribution in [0, 0.1) is 6.92 Å². The molecule has 1 aromatic rings. The van der Waals surface area contributed by atoms with Gasteiger partial charge in [0.05, 0.1) is 5.57 Å². The van der Waals surface area contributed by atoms with Gasteiger partial charge in [0.2, 0.25) is 0 Å². The molecule has 2 amide bonds. The van der Waals surface area contributed by atoms with Crippen LogP contribution in [-0.2, 0) is 9.59 Å². The highest BCUT2D eigenvalue weighted by atomic mass is 16.2. The summed E-state index contributed by atoms with van der Waals surface area (Å²) in [6.45, 7) is 6.84. The van der Waals surface area contributed by atoms with Crippen molar-refractivity contribution in [3.63, 3.8) is 0 Å². The zero-order valence-corrected chi connectivity index (χ0v) is 21.2. The van der Waals surface area contributed by atoms with E-state index in [1.165, 1.54) is 43.4 Å². The van der Waals surface area contributed by atoms with Crippen LogP contribution in [0.25, 0.3) is 5.57 Å². The van der Waals surface area contributed by atoms with Gasteiger partial charge in [0.1, 0.15) is 5.70 Å². The molecule has 0 aromatic heterocycles. The van der Waals surface area contributed by atoms with Crippen LogP contribution in [0.4, 0.5) is 0 Å². The van der Waals surface area contributed by atoms with Gasteiger partial charge in [0.15, 0.2) is 0 Å². The summed E-state index contributed by atoms with van der Waals surface area (Å²) in [6.07, 6.45) is 11.6. The molecule has 0 saturated carbocycles. The number of carbonyl (C=O) groups is 2. The van der Waals surface area contributed by atoms with Crippen molar-refractivity contribution < 1.29 is 9.59 Å². The Labute approximate surface area is 200 Å². The minimum atomic E-state index is -0.124. The van der Waals surface area contributed by atoms with Crippen LogP contribution in [-0.4, -0.2) is 66.3 Å². The highest BCUT2D eigenvalue weighted by Crippen LogP contribution is 2.34. The zero-order chi connectivity index (χ0) is 23.8. The molecule has 1 fully saturated rings. The van der Waals surface area contributed by atoms with Gasteiger partial charge in [-0.05, 0) is 51.9 Å². The third kappa shape index (κ3) is 6.47. The van der Waals surface area contributed by atoms with Gasteiger partial charge in [0, 0.05) is 19.6 Å². The van der Waals surface area contributed by atoms with Crippen molar-refractivity contribution in [3.05, 3.63) is 41.1 Å². The highest BCUT2D eigenvalue weighted by molar-refractivity contribution is 6.35. The lowest BCUT2D eigenvalue weighted by molar-refractivity contribution is -0.137. The van der Waals surface area contributed by atoms with Crippen molar-refractivity contribution in [2.24, 2.45) is 0 Å². The molecule has 1 aromatic carbocycles. The first-order valence-corrected chi connectivity index (χ1v) is 13.0. The second kappa shape index (κ2) is 12.4. The average Bonchev–Trinajstić information content (AvgIpc) is 3.06. The van der Waals surface area contributed by atoms with E-state index in [0.717, 1.165) is 49.9 Å². The fourth-order valence-electron chi connectivity index (χ4n) is 5.04. The lowest BCUT2D eigenvalue weighted by Crippen LogP contribution is -2.43. The first-order valence-electron chi connectivity index (χ1n) is 13.0. The number of likely N-dealkylation sites (N-methyl/N-ethyl adjacent to an activating group) is 1. The van der Waals surface area contributed by atoms with Gasteiger partial charge in [-0.1, -0.05) is 81.7 Å². The zero-order valence-electron chi connectivity index (χ0n) is 21.2. The minimum absolute atomic E-state index is 0.111. The van der Waals surface area contributed by atoms with Gasteiger partial charge in [-0.15, -0.1) is 0 Å². The molecule has 3 rings (SSSR count). The SMILES string of the molecule is CCCCCCCCCCN1C(=O)C(c2ccc(C)cc2)=C(N(C)C2CCN(C)CC2)C1=O. The molecule has 1 saturated heterocycles. The maximum absolute atomic E-state index is 13.5. The van der Waals surface area contributed by atoms with Crippen LogP contribution in [0.2, 0.25) is 0 Å². The number of nitrogens with zero attached hydrogens (tertiary/aromatic N) is 3. The fraction of sp³-hybridized carbons (Fsp3) is 0.643. The number of hydrogen-bond acceptors (Lipinski definition) is 4. The molecule has 0 aliphatic carbocycles. The number of piperidine rings is 1. The molecular formula is C28H43N3O2. The summed E-state index contributed by atoms with van der Waals surface area (Å²) >= 11 is 0. The summed E-state index contributed by atoms with van der Waals surface area (Å²) in [4.78, 5) is 33.0. The first kappa shape index (κ1) is 25.5. The molecule has 33 heavy (non-hydrogen) atoms. The summed E-state index contributed by atoms with van der Waals surface area (Å²) < 4.78 is 0. The van der Waals surface area contributed by atoms with Gasteiger partial charge in [-0.3, -0.25) is 14.5 Å². The number of benzene rings is 1. The summed E-state index contributed by atoms with van der Waals surface area (Å²) in [6, 6.07) is 8.30. The molecule has 0 bridgehead atoms. The van der Waals surface area contributed by atoms with Crippen LogP contribution < -0.4 is 0 Å². The van der Waals surface area contributed by atoms with Crippen molar-refractivity contribution >= 4 is 17.4 Å². The Kier molecular flexibility index (Phi) is 9.54. The molecule has 0 spiro atoms. The predicted octanol–water partition coefficient (Wildman–Crippen LogP) is 5.24. The maximum Gasteiger partial charge on any atom is 0.277 e. The summed E-state index contributed by atoms with van der Waals surface area (Å²) in [7, 11) is 4.15. The molecule has 0 atom stereocenters. The van der Waals surface area contributed by atoms with Gasteiger partial charge >= 0.3 is 0 Å². The quantitative estimate of drug-likeness (QED) is 0.321. The summed E-state index contributed by atoms with van der Waals surface area (Å²) in [5.41, 5.74) is 3.18. The van der Waals surface area contributed by atoms with E-state index in [9.17, 15) is 9.59 Å². The fourth-order valence-corrected chi connectivity index (χ4v) is 5.04. The van der Waals surface area contributed by atoms with Crippen LogP contribution in [0.15, 0.2) is 30.0 Å². The Morgan fingerprint density at radius 2 is 1.45 bits per heavy atom. The third-order valence-electron chi connectivity index (χ3n) is 7.31. The van der Waals surface area contributed by atoms with Gasteiger partial charge in [-0.2, -0.15) is 0 Å². The maximum atomic E-state index is 13.5. The van der Waals surface area contributed by atoms with E-state index in [1.54, 1.807) is 0 Å². The second-order valence-corrected chi connectivity index (χ2v) is 9.97. The van der Waals surface area contributed by atoms with Gasteiger partial charge in [0.25, 0.3) is 11.8 Å². The largest absolute Gasteiger partial charge is 0.366 e. The summed E-state index contributed by atoms with van der Waals surface area (Å²) in [5.74, 6) is -0.235. The Bertz CT molecular complexity index is 822. The van der Waals surface area contributed by atoms with Crippen molar-refractivity contribution in [1.82, 2.24) is 14.7 Å². The Morgan fingerprint density at radius 3 is 2.06 bits per heavy atom. The van der Waals surface area contributed by atoms with Crippen molar-refractivity contribution in [2.75, 3.05) is 33.7 Å². The molecule has 0 radical (unpaired) electrons. The van der Waals surface area contributed by atoms with E-state index < -0.39 is 0 Å². The lowest BCUT2D eigenvalue weighted by atomic mass is 9.99. The van der Waals surface area contributed by atoms with Crippen LogP contribution in [0.5, 0.6) is 0 Å². The van der Waals surface area contributed by atoms with Gasteiger partial charge < -0.3 is 9.80 Å². The Balaban J connectivity index is 1.70. The highest BCUT2D eigenvalue weighted by Gasteiger charge is 2.42. The van der Waals surface area contributed by atoms with E-state index in [1.807, 2.05) is 38.2 Å². The molecule has 182 valence electrons. The van der Waals surface area contributed by atoms with Crippen LogP contribution in [0.1, 0.15) is 82.3 Å². The number of carbonyl (C=O) groups excluding carboxylic acids is 2. The molecular weight excluding hydrogens is 410 g/mol. The number of hydrogen-bond donors (Lipinski definition) is 0. The van der Waals surface area contributed by atoms with Crippen LogP contribution >= 0.6 is 0 Å². The van der Waals surface area contributed by atoms with Crippen LogP contribution in [0.3, 0.4) is 0 Å². The second-order valence-electron chi connectivity index (χ2n) is 9.97. The van der Waals surface area contributed by atoms with Crippen molar-refractivity contribution in [2.45, 2.75) is 84.1 Å². The topological polar surface area (TPSA) is 43.9 Å². The van der Waals surface area contributed by atoms with Crippen molar-refractivity contribution in [3.8, 4) is 0 Å². The van der Waals surface area contributed by atoms with Crippen molar-refractivity contribution in [1.29, 1.82) is 0 Å². The number of aryl methyl sites for hydroxylation is 1. The number of likely N-dealkylation sites (tertiary alicyclic amines) is 1. The molecule has 2 heterocycles. The van der Waals surface area contributed by atoms with E-state index in [2.05, 4.69) is 23.8 Å². The Morgan fingerprint density at radius 1 is 0.879 bits per heavy atom.